The highest BCUT2D eigenvalue weighted by Gasteiger charge is 2.16. The molecule has 2 N–H and O–H groups in total. The monoisotopic (exact) mass is 307 g/mol. The normalized spacial score (nSPS) is 10.9. The number of rotatable bonds is 4. The van der Waals surface area contributed by atoms with Crippen LogP contribution in [0.2, 0.25) is 0 Å². The minimum atomic E-state index is -3.80. The molecule has 0 bridgehead atoms. The van der Waals surface area contributed by atoms with Gasteiger partial charge in [-0.3, -0.25) is 4.72 Å². The molecule has 0 fully saturated rings. The van der Waals surface area contributed by atoms with E-state index >= 15 is 0 Å². The number of methoxy groups -OCH3 is 1. The van der Waals surface area contributed by atoms with Crippen molar-refractivity contribution in [3.8, 4) is 5.75 Å². The van der Waals surface area contributed by atoms with Gasteiger partial charge in [0, 0.05) is 0 Å². The van der Waals surface area contributed by atoms with E-state index in [2.05, 4.69) is 9.46 Å². The third kappa shape index (κ3) is 3.32. The molecule has 2 rings (SSSR count). The van der Waals surface area contributed by atoms with Gasteiger partial charge in [-0.2, -0.15) is 0 Å². The van der Waals surface area contributed by atoms with Crippen LogP contribution < -0.4 is 4.72 Å². The molecule has 110 valence electrons. The summed E-state index contributed by atoms with van der Waals surface area (Å²) in [6, 6.07) is 11.5. The van der Waals surface area contributed by atoms with Gasteiger partial charge in [-0.15, -0.1) is 0 Å². The van der Waals surface area contributed by atoms with Crippen molar-refractivity contribution >= 4 is 21.7 Å². The van der Waals surface area contributed by atoms with Crippen LogP contribution in [0.25, 0.3) is 0 Å². The van der Waals surface area contributed by atoms with Crippen molar-refractivity contribution in [2.24, 2.45) is 0 Å². The van der Waals surface area contributed by atoms with E-state index in [9.17, 15) is 18.3 Å². The lowest BCUT2D eigenvalue weighted by Crippen LogP contribution is -2.13. The lowest BCUT2D eigenvalue weighted by atomic mass is 10.2. The number of benzene rings is 2. The molecular formula is C14H13NO5S. The number of anilines is 1. The van der Waals surface area contributed by atoms with Gasteiger partial charge in [0.15, 0.2) is 0 Å². The Labute approximate surface area is 122 Å². The zero-order valence-corrected chi connectivity index (χ0v) is 11.9. The van der Waals surface area contributed by atoms with E-state index in [4.69, 9.17) is 0 Å². The SMILES string of the molecule is COC(=O)c1ccc(NS(=O)(=O)c2ccccc2)c(O)c1. The van der Waals surface area contributed by atoms with E-state index in [0.29, 0.717) is 0 Å². The first kappa shape index (κ1) is 14.9. The Morgan fingerprint density at radius 1 is 1.14 bits per heavy atom. The molecule has 0 saturated carbocycles. The Balaban J connectivity index is 2.30. The zero-order chi connectivity index (χ0) is 15.5. The van der Waals surface area contributed by atoms with Crippen molar-refractivity contribution in [2.45, 2.75) is 4.90 Å². The Hall–Kier alpha value is -2.54. The number of hydrogen-bond acceptors (Lipinski definition) is 5. The van der Waals surface area contributed by atoms with Gasteiger partial charge in [0.1, 0.15) is 5.75 Å². The van der Waals surface area contributed by atoms with E-state index in [1.54, 1.807) is 18.2 Å². The quantitative estimate of drug-likeness (QED) is 0.665. The summed E-state index contributed by atoms with van der Waals surface area (Å²) < 4.78 is 31.0. The van der Waals surface area contributed by atoms with Crippen molar-refractivity contribution in [2.75, 3.05) is 11.8 Å². The first-order valence-corrected chi connectivity index (χ1v) is 7.41. The maximum Gasteiger partial charge on any atom is 0.337 e. The van der Waals surface area contributed by atoms with Crippen molar-refractivity contribution in [1.82, 2.24) is 0 Å². The van der Waals surface area contributed by atoms with Crippen LogP contribution >= 0.6 is 0 Å². The molecule has 7 heteroatoms. The predicted molar refractivity (Wildman–Crippen MR) is 76.7 cm³/mol. The number of carbonyl (C=O) groups excluding carboxylic acids is 1. The molecule has 0 aliphatic heterocycles. The van der Waals surface area contributed by atoms with Crippen molar-refractivity contribution in [1.29, 1.82) is 0 Å². The number of esters is 1. The number of aromatic hydroxyl groups is 1. The van der Waals surface area contributed by atoms with Gasteiger partial charge in [-0.25, -0.2) is 13.2 Å². The summed E-state index contributed by atoms with van der Waals surface area (Å²) in [6.45, 7) is 0. The second-order valence-corrected chi connectivity index (χ2v) is 5.82. The highest BCUT2D eigenvalue weighted by molar-refractivity contribution is 7.92. The molecule has 0 spiro atoms. The fourth-order valence-electron chi connectivity index (χ4n) is 1.67. The second kappa shape index (κ2) is 5.84. The molecule has 0 aliphatic carbocycles. The standard InChI is InChI=1S/C14H13NO5S/c1-20-14(17)10-7-8-12(13(16)9-10)15-21(18,19)11-5-3-2-4-6-11/h2-9,15-16H,1H3. The molecule has 2 aromatic carbocycles. The van der Waals surface area contributed by atoms with Crippen LogP contribution in [0.4, 0.5) is 5.69 Å². The van der Waals surface area contributed by atoms with Crippen LogP contribution in [0.5, 0.6) is 5.75 Å². The third-order valence-corrected chi connectivity index (χ3v) is 4.10. The average Bonchev–Trinajstić information content (AvgIpc) is 2.49. The summed E-state index contributed by atoms with van der Waals surface area (Å²) >= 11 is 0. The highest BCUT2D eigenvalue weighted by atomic mass is 32.2. The largest absolute Gasteiger partial charge is 0.506 e. The van der Waals surface area contributed by atoms with Crippen LogP contribution in [-0.2, 0) is 14.8 Å². The fourth-order valence-corrected chi connectivity index (χ4v) is 2.76. The average molecular weight is 307 g/mol. The third-order valence-electron chi connectivity index (χ3n) is 2.72. The molecule has 21 heavy (non-hydrogen) atoms. The van der Waals surface area contributed by atoms with Crippen LogP contribution in [0.1, 0.15) is 10.4 Å². The van der Waals surface area contributed by atoms with Crippen molar-refractivity contribution in [3.05, 3.63) is 54.1 Å². The van der Waals surface area contributed by atoms with Crippen molar-refractivity contribution < 1.29 is 23.1 Å². The van der Waals surface area contributed by atoms with Gasteiger partial charge in [0.2, 0.25) is 0 Å². The van der Waals surface area contributed by atoms with E-state index in [1.807, 2.05) is 0 Å². The smallest absolute Gasteiger partial charge is 0.337 e. The van der Waals surface area contributed by atoms with Gasteiger partial charge in [-0.05, 0) is 30.3 Å². The molecule has 6 nitrogen and oxygen atoms in total. The van der Waals surface area contributed by atoms with Gasteiger partial charge >= 0.3 is 5.97 Å². The number of hydrogen-bond donors (Lipinski definition) is 2. The summed E-state index contributed by atoms with van der Waals surface area (Å²) in [5.41, 5.74) is 0.101. The zero-order valence-electron chi connectivity index (χ0n) is 11.1. The molecular weight excluding hydrogens is 294 g/mol. The maximum atomic E-state index is 12.1. The van der Waals surface area contributed by atoms with Gasteiger partial charge in [0.25, 0.3) is 10.0 Å². The first-order chi connectivity index (χ1) is 9.94. The molecule has 0 aromatic heterocycles. The van der Waals surface area contributed by atoms with E-state index in [1.165, 1.54) is 31.4 Å². The lowest BCUT2D eigenvalue weighted by Gasteiger charge is -2.10. The van der Waals surface area contributed by atoms with Crippen LogP contribution in [0.3, 0.4) is 0 Å². The number of carbonyl (C=O) groups is 1. The maximum absolute atomic E-state index is 12.1. The minimum absolute atomic E-state index is 0.0218. The molecule has 2 aromatic rings. The highest BCUT2D eigenvalue weighted by Crippen LogP contribution is 2.27. The number of phenolic OH excluding ortho intramolecular Hbond substituents is 1. The molecule has 0 aliphatic rings. The van der Waals surface area contributed by atoms with E-state index in [-0.39, 0.29) is 21.9 Å². The summed E-state index contributed by atoms with van der Waals surface area (Å²) in [5.74, 6) is -0.986. The summed E-state index contributed by atoms with van der Waals surface area (Å²) in [5, 5.41) is 9.81. The fraction of sp³-hybridized carbons (Fsp3) is 0.0714. The molecule has 0 saturated heterocycles. The molecule has 0 amide bonds. The molecule has 0 radical (unpaired) electrons. The summed E-state index contributed by atoms with van der Waals surface area (Å²) in [6.07, 6.45) is 0. The Kier molecular flexibility index (Phi) is 4.13. The second-order valence-electron chi connectivity index (χ2n) is 4.14. The van der Waals surface area contributed by atoms with Crippen molar-refractivity contribution in [3.63, 3.8) is 0 Å². The Morgan fingerprint density at radius 3 is 2.38 bits per heavy atom. The molecule has 0 atom stereocenters. The summed E-state index contributed by atoms with van der Waals surface area (Å²) in [4.78, 5) is 11.4. The number of sulfonamides is 1. The van der Waals surface area contributed by atoms with Crippen LogP contribution in [0.15, 0.2) is 53.4 Å². The minimum Gasteiger partial charge on any atom is -0.506 e. The molecule has 0 unspecified atom stereocenters. The number of ether oxygens (including phenoxy) is 1. The van der Waals surface area contributed by atoms with E-state index < -0.39 is 16.0 Å². The number of phenols is 1. The van der Waals surface area contributed by atoms with Gasteiger partial charge in [-0.1, -0.05) is 18.2 Å². The van der Waals surface area contributed by atoms with Crippen LogP contribution in [-0.4, -0.2) is 26.6 Å². The Morgan fingerprint density at radius 2 is 1.81 bits per heavy atom. The topological polar surface area (TPSA) is 92.7 Å². The van der Waals surface area contributed by atoms with Gasteiger partial charge < -0.3 is 9.84 Å². The predicted octanol–water partition coefficient (Wildman–Crippen LogP) is 1.98. The van der Waals surface area contributed by atoms with Gasteiger partial charge in [0.05, 0.1) is 23.3 Å². The first-order valence-electron chi connectivity index (χ1n) is 5.93. The number of nitrogens with one attached hydrogen (secondary N) is 1. The lowest BCUT2D eigenvalue weighted by molar-refractivity contribution is 0.0600. The summed E-state index contributed by atoms with van der Waals surface area (Å²) in [7, 11) is -2.59. The van der Waals surface area contributed by atoms with Crippen LogP contribution in [0, 0.1) is 0 Å². The molecule has 0 heterocycles. The van der Waals surface area contributed by atoms with E-state index in [0.717, 1.165) is 6.07 Å². The Bertz CT molecular complexity index is 756.